The summed E-state index contributed by atoms with van der Waals surface area (Å²) in [4.78, 5) is 44.3. The van der Waals surface area contributed by atoms with Gasteiger partial charge in [-0.05, 0) is 30.7 Å². The Bertz CT molecular complexity index is 1330. The van der Waals surface area contributed by atoms with Crippen LogP contribution in [-0.4, -0.2) is 42.0 Å². The number of aryl methyl sites for hydroxylation is 1. The second kappa shape index (κ2) is 9.28. The van der Waals surface area contributed by atoms with Crippen molar-refractivity contribution >= 4 is 51.5 Å². The maximum atomic E-state index is 13.2. The normalized spacial score (nSPS) is 17.2. The molecule has 0 unspecified atom stereocenters. The third-order valence-corrected chi connectivity index (χ3v) is 6.78. The molecule has 2 heterocycles. The van der Waals surface area contributed by atoms with E-state index in [-0.39, 0.29) is 31.9 Å². The predicted molar refractivity (Wildman–Crippen MR) is 127 cm³/mol. The van der Waals surface area contributed by atoms with Crippen LogP contribution in [0.3, 0.4) is 0 Å². The van der Waals surface area contributed by atoms with Crippen LogP contribution in [0.2, 0.25) is 5.02 Å². The third kappa shape index (κ3) is 3.93. The van der Waals surface area contributed by atoms with Gasteiger partial charge < -0.3 is 14.6 Å². The van der Waals surface area contributed by atoms with Crippen molar-refractivity contribution in [3.63, 3.8) is 0 Å². The fourth-order valence-electron chi connectivity index (χ4n) is 3.72. The standard InChI is InChI=1S/C24H19ClN2O6S/c1-12-21(23(31)33-3)34-24(26-12)27-18(13-7-5-4-6-8-13)17(20(29)22(27)30)19(28)14-9-10-16(32-2)15(25)11-14/h4-11,18,28H,1-3H3/b19-17+/t18-/m0/s1. The number of hydrogen-bond donors (Lipinski definition) is 1. The first-order valence-corrected chi connectivity index (χ1v) is 11.2. The Balaban J connectivity index is 1.92. The molecular weight excluding hydrogens is 480 g/mol. The van der Waals surface area contributed by atoms with Gasteiger partial charge in [0.2, 0.25) is 0 Å². The number of aliphatic hydroxyl groups excluding tert-OH is 1. The number of ether oxygens (including phenoxy) is 2. The number of carbonyl (C=O) groups is 3. The number of Topliss-reactive ketones (excluding diaryl/α,β-unsaturated/α-hetero) is 1. The first-order valence-electron chi connectivity index (χ1n) is 10.0. The Morgan fingerprint density at radius 3 is 2.47 bits per heavy atom. The van der Waals surface area contributed by atoms with Crippen molar-refractivity contribution in [2.24, 2.45) is 0 Å². The average molecular weight is 499 g/mol. The molecule has 1 amide bonds. The molecule has 4 rings (SSSR count). The lowest BCUT2D eigenvalue weighted by Gasteiger charge is -2.23. The van der Waals surface area contributed by atoms with E-state index in [2.05, 4.69) is 4.98 Å². The van der Waals surface area contributed by atoms with Gasteiger partial charge in [0.1, 0.15) is 16.4 Å². The van der Waals surface area contributed by atoms with Crippen molar-refractivity contribution in [3.8, 4) is 5.75 Å². The van der Waals surface area contributed by atoms with E-state index in [9.17, 15) is 19.5 Å². The molecule has 1 atom stereocenters. The Hall–Kier alpha value is -3.69. The zero-order valence-corrected chi connectivity index (χ0v) is 19.9. The molecule has 2 aromatic carbocycles. The van der Waals surface area contributed by atoms with Crippen molar-refractivity contribution < 1.29 is 29.0 Å². The van der Waals surface area contributed by atoms with Crippen LogP contribution in [-0.2, 0) is 14.3 Å². The van der Waals surface area contributed by atoms with Gasteiger partial charge in [-0.3, -0.25) is 14.5 Å². The number of halogens is 1. The summed E-state index contributed by atoms with van der Waals surface area (Å²) in [6.45, 7) is 1.61. The number of nitrogens with zero attached hydrogens (tertiary/aromatic N) is 2. The van der Waals surface area contributed by atoms with Gasteiger partial charge in [-0.15, -0.1) is 0 Å². The third-order valence-electron chi connectivity index (χ3n) is 5.35. The first-order chi connectivity index (χ1) is 16.3. The molecule has 0 aliphatic carbocycles. The molecule has 0 spiro atoms. The topological polar surface area (TPSA) is 106 Å². The quantitative estimate of drug-likeness (QED) is 0.238. The van der Waals surface area contributed by atoms with Gasteiger partial charge in [-0.25, -0.2) is 9.78 Å². The summed E-state index contributed by atoms with van der Waals surface area (Å²) < 4.78 is 9.94. The molecule has 1 saturated heterocycles. The van der Waals surface area contributed by atoms with E-state index in [0.717, 1.165) is 11.3 Å². The summed E-state index contributed by atoms with van der Waals surface area (Å²) in [6.07, 6.45) is 0. The van der Waals surface area contributed by atoms with E-state index in [0.29, 0.717) is 17.0 Å². The Labute approximate surface area is 204 Å². The molecule has 1 aromatic heterocycles. The number of thiazole rings is 1. The SMILES string of the molecule is COC(=O)c1sc(N2C(=O)C(=O)/C(=C(/O)c3ccc(OC)c(Cl)c3)[C@@H]2c2ccccc2)nc1C. The molecule has 8 nitrogen and oxygen atoms in total. The molecule has 1 aliphatic heterocycles. The lowest BCUT2D eigenvalue weighted by Crippen LogP contribution is -2.29. The highest BCUT2D eigenvalue weighted by molar-refractivity contribution is 7.17. The Morgan fingerprint density at radius 1 is 1.15 bits per heavy atom. The van der Waals surface area contributed by atoms with Gasteiger partial charge in [-0.1, -0.05) is 53.3 Å². The van der Waals surface area contributed by atoms with Crippen molar-refractivity contribution in [1.29, 1.82) is 0 Å². The minimum absolute atomic E-state index is 0.120. The summed E-state index contributed by atoms with van der Waals surface area (Å²) in [5, 5.41) is 11.5. The molecule has 1 N–H and O–H groups in total. The minimum Gasteiger partial charge on any atom is -0.507 e. The smallest absolute Gasteiger partial charge is 0.350 e. The number of carbonyl (C=O) groups excluding carboxylic acids is 3. The van der Waals surface area contributed by atoms with Crippen molar-refractivity contribution in [1.82, 2.24) is 4.98 Å². The number of aliphatic hydroxyl groups is 1. The molecule has 3 aromatic rings. The fraction of sp³-hybridized carbons (Fsp3) is 0.167. The molecule has 1 aliphatic rings. The molecule has 34 heavy (non-hydrogen) atoms. The number of esters is 1. The molecule has 10 heteroatoms. The summed E-state index contributed by atoms with van der Waals surface area (Å²) in [5.41, 5.74) is 1.07. The van der Waals surface area contributed by atoms with E-state index >= 15 is 0 Å². The van der Waals surface area contributed by atoms with Crippen LogP contribution in [0.4, 0.5) is 5.13 Å². The van der Waals surface area contributed by atoms with E-state index in [1.165, 1.54) is 25.2 Å². The predicted octanol–water partition coefficient (Wildman–Crippen LogP) is 4.53. The van der Waals surface area contributed by atoms with Crippen LogP contribution >= 0.6 is 22.9 Å². The maximum Gasteiger partial charge on any atom is 0.350 e. The molecular formula is C24H19ClN2O6S. The average Bonchev–Trinajstić information content (AvgIpc) is 3.35. The number of ketones is 1. The van der Waals surface area contributed by atoms with Crippen LogP contribution in [0.5, 0.6) is 5.75 Å². The summed E-state index contributed by atoms with van der Waals surface area (Å²) in [7, 11) is 2.71. The number of methoxy groups -OCH3 is 2. The number of benzene rings is 2. The van der Waals surface area contributed by atoms with Crippen molar-refractivity contribution in [2.75, 3.05) is 19.1 Å². The number of anilines is 1. The van der Waals surface area contributed by atoms with Crippen molar-refractivity contribution in [2.45, 2.75) is 13.0 Å². The minimum atomic E-state index is -0.974. The van der Waals surface area contributed by atoms with Crippen molar-refractivity contribution in [3.05, 3.63) is 80.8 Å². The second-order valence-electron chi connectivity index (χ2n) is 7.33. The lowest BCUT2D eigenvalue weighted by atomic mass is 9.95. The van der Waals surface area contributed by atoms with Gasteiger partial charge in [0, 0.05) is 5.56 Å². The molecule has 0 bridgehead atoms. The highest BCUT2D eigenvalue weighted by Crippen LogP contribution is 2.44. The second-order valence-corrected chi connectivity index (χ2v) is 8.72. The van der Waals surface area contributed by atoms with Crippen LogP contribution in [0.15, 0.2) is 54.1 Å². The number of aromatic nitrogens is 1. The van der Waals surface area contributed by atoms with E-state index in [4.69, 9.17) is 21.1 Å². The number of amides is 1. The summed E-state index contributed by atoms with van der Waals surface area (Å²) in [5.74, 6) is -2.35. The van der Waals surface area contributed by atoms with Gasteiger partial charge >= 0.3 is 11.9 Å². The summed E-state index contributed by atoms with van der Waals surface area (Å²) >= 11 is 7.15. The fourth-order valence-corrected chi connectivity index (χ4v) is 4.99. The first kappa shape index (κ1) is 23.5. The highest BCUT2D eigenvalue weighted by atomic mass is 35.5. The van der Waals surface area contributed by atoms with Gasteiger partial charge in [0.05, 0.1) is 36.6 Å². The molecule has 0 radical (unpaired) electrons. The zero-order valence-electron chi connectivity index (χ0n) is 18.4. The number of rotatable bonds is 5. The van der Waals surface area contributed by atoms with Gasteiger partial charge in [0.15, 0.2) is 5.13 Å². The lowest BCUT2D eigenvalue weighted by molar-refractivity contribution is -0.132. The number of hydrogen-bond acceptors (Lipinski definition) is 8. The Morgan fingerprint density at radius 2 is 1.85 bits per heavy atom. The van der Waals surface area contributed by atoms with Crippen LogP contribution in [0.1, 0.15) is 32.5 Å². The van der Waals surface area contributed by atoms with Crippen LogP contribution in [0, 0.1) is 6.92 Å². The van der Waals surface area contributed by atoms with E-state index < -0.39 is 23.7 Å². The van der Waals surface area contributed by atoms with Crippen LogP contribution < -0.4 is 9.64 Å². The molecule has 1 fully saturated rings. The zero-order chi connectivity index (χ0) is 24.6. The highest BCUT2D eigenvalue weighted by Gasteiger charge is 2.48. The summed E-state index contributed by atoms with van der Waals surface area (Å²) in [6, 6.07) is 12.3. The monoisotopic (exact) mass is 498 g/mol. The molecule has 0 saturated carbocycles. The van der Waals surface area contributed by atoms with Gasteiger partial charge in [-0.2, -0.15) is 0 Å². The Kier molecular flexibility index (Phi) is 6.41. The maximum absolute atomic E-state index is 13.2. The molecule has 174 valence electrons. The van der Waals surface area contributed by atoms with Gasteiger partial charge in [0.25, 0.3) is 5.78 Å². The van der Waals surface area contributed by atoms with Crippen LogP contribution in [0.25, 0.3) is 5.76 Å². The largest absolute Gasteiger partial charge is 0.507 e. The van der Waals surface area contributed by atoms with E-state index in [1.807, 2.05) is 0 Å². The van der Waals surface area contributed by atoms with E-state index in [1.54, 1.807) is 49.4 Å².